The first-order valence-electron chi connectivity index (χ1n) is 9.28. The number of fused-ring (bicyclic) bond motifs is 4. The van der Waals surface area contributed by atoms with Gasteiger partial charge in [-0.15, -0.1) is 11.3 Å². The molecule has 136 valence electrons. The predicted octanol–water partition coefficient (Wildman–Crippen LogP) is 1.48. The fraction of sp³-hybridized carbons (Fsp3) is 0.722. The van der Waals surface area contributed by atoms with Crippen LogP contribution in [-0.2, 0) is 4.79 Å². The predicted molar refractivity (Wildman–Crippen MR) is 96.7 cm³/mol. The summed E-state index contributed by atoms with van der Waals surface area (Å²) in [6.07, 6.45) is 3.92. The van der Waals surface area contributed by atoms with Gasteiger partial charge in [0.2, 0.25) is 5.91 Å². The van der Waals surface area contributed by atoms with Crippen LogP contribution in [0.1, 0.15) is 46.1 Å². The average molecular weight is 362 g/mol. The Labute approximate surface area is 152 Å². The molecule has 4 heterocycles. The Kier molecular flexibility index (Phi) is 4.54. The van der Waals surface area contributed by atoms with Crippen LogP contribution in [0, 0.1) is 25.7 Å². The van der Waals surface area contributed by atoms with E-state index in [4.69, 9.17) is 0 Å². The number of rotatable bonds is 3. The van der Waals surface area contributed by atoms with Crippen molar-refractivity contribution < 1.29 is 9.59 Å². The quantitative estimate of drug-likeness (QED) is 0.854. The molecule has 2 N–H and O–H groups in total. The Hall–Kier alpha value is -1.47. The van der Waals surface area contributed by atoms with Crippen molar-refractivity contribution in [3.05, 3.63) is 15.6 Å². The van der Waals surface area contributed by atoms with E-state index in [0.717, 1.165) is 36.6 Å². The van der Waals surface area contributed by atoms with Gasteiger partial charge in [0.1, 0.15) is 4.88 Å². The van der Waals surface area contributed by atoms with Crippen molar-refractivity contribution in [1.82, 2.24) is 20.5 Å². The lowest BCUT2D eigenvalue weighted by molar-refractivity contribution is -0.148. The molecule has 0 saturated carbocycles. The number of aryl methyl sites for hydroxylation is 2. The van der Waals surface area contributed by atoms with Crippen LogP contribution >= 0.6 is 11.3 Å². The van der Waals surface area contributed by atoms with Gasteiger partial charge in [-0.3, -0.25) is 9.59 Å². The minimum atomic E-state index is -0.0602. The summed E-state index contributed by atoms with van der Waals surface area (Å²) in [6, 6.07) is 0.458. The molecule has 1 aromatic heterocycles. The first-order chi connectivity index (χ1) is 12.0. The Bertz CT molecular complexity index is 689. The highest BCUT2D eigenvalue weighted by Crippen LogP contribution is 2.39. The molecule has 2 bridgehead atoms. The van der Waals surface area contributed by atoms with Crippen molar-refractivity contribution in [3.8, 4) is 0 Å². The summed E-state index contributed by atoms with van der Waals surface area (Å²) >= 11 is 1.43. The van der Waals surface area contributed by atoms with Crippen LogP contribution in [0.4, 0.5) is 0 Å². The van der Waals surface area contributed by atoms with Crippen molar-refractivity contribution in [2.24, 2.45) is 11.8 Å². The molecular weight excluding hydrogens is 336 g/mol. The van der Waals surface area contributed by atoms with E-state index in [1.807, 2.05) is 13.8 Å². The number of carbonyl (C=O) groups excluding carboxylic acids is 2. The number of hydrogen-bond acceptors (Lipinski definition) is 5. The lowest BCUT2D eigenvalue weighted by atomic mass is 9.72. The summed E-state index contributed by atoms with van der Waals surface area (Å²) < 4.78 is 0. The topological polar surface area (TPSA) is 74.3 Å². The molecule has 3 aliphatic rings. The van der Waals surface area contributed by atoms with E-state index in [2.05, 4.69) is 20.5 Å². The molecule has 0 radical (unpaired) electrons. The number of hydrogen-bond donors (Lipinski definition) is 2. The third-order valence-electron chi connectivity index (χ3n) is 5.98. The lowest BCUT2D eigenvalue weighted by Crippen LogP contribution is -2.66. The molecule has 6 nitrogen and oxygen atoms in total. The monoisotopic (exact) mass is 362 g/mol. The number of carbonyl (C=O) groups is 2. The molecule has 3 aliphatic heterocycles. The molecular formula is C18H26N4O2S. The highest BCUT2D eigenvalue weighted by Gasteiger charge is 2.47. The molecule has 1 aromatic rings. The van der Waals surface area contributed by atoms with E-state index < -0.39 is 0 Å². The van der Waals surface area contributed by atoms with E-state index in [1.54, 1.807) is 0 Å². The van der Waals surface area contributed by atoms with Crippen molar-refractivity contribution >= 4 is 23.2 Å². The zero-order chi connectivity index (χ0) is 17.6. The Morgan fingerprint density at radius 3 is 2.92 bits per heavy atom. The number of amides is 2. The second-order valence-electron chi connectivity index (χ2n) is 7.60. The van der Waals surface area contributed by atoms with Gasteiger partial charge in [0.05, 0.1) is 16.7 Å². The van der Waals surface area contributed by atoms with E-state index in [1.165, 1.54) is 17.8 Å². The van der Waals surface area contributed by atoms with Gasteiger partial charge in [0.15, 0.2) is 0 Å². The van der Waals surface area contributed by atoms with Crippen LogP contribution in [0.2, 0.25) is 0 Å². The fourth-order valence-electron chi connectivity index (χ4n) is 4.92. The van der Waals surface area contributed by atoms with Gasteiger partial charge in [0.25, 0.3) is 5.91 Å². The maximum Gasteiger partial charge on any atom is 0.263 e. The summed E-state index contributed by atoms with van der Waals surface area (Å²) in [5, 5.41) is 7.54. The van der Waals surface area contributed by atoms with E-state index in [0.29, 0.717) is 35.7 Å². The van der Waals surface area contributed by atoms with Gasteiger partial charge < -0.3 is 15.5 Å². The van der Waals surface area contributed by atoms with Crippen molar-refractivity contribution in [1.29, 1.82) is 0 Å². The van der Waals surface area contributed by atoms with Crippen LogP contribution in [0.15, 0.2) is 0 Å². The highest BCUT2D eigenvalue weighted by molar-refractivity contribution is 7.13. The first kappa shape index (κ1) is 17.0. The second kappa shape index (κ2) is 6.68. The maximum absolute atomic E-state index is 12.6. The van der Waals surface area contributed by atoms with Crippen LogP contribution < -0.4 is 10.6 Å². The third kappa shape index (κ3) is 3.08. The van der Waals surface area contributed by atoms with Gasteiger partial charge in [-0.1, -0.05) is 0 Å². The molecule has 0 unspecified atom stereocenters. The zero-order valence-corrected chi connectivity index (χ0v) is 15.7. The largest absolute Gasteiger partial charge is 0.349 e. The average Bonchev–Trinajstić information content (AvgIpc) is 2.94. The number of nitrogens with one attached hydrogen (secondary N) is 2. The van der Waals surface area contributed by atoms with E-state index in [-0.39, 0.29) is 17.9 Å². The fourth-order valence-corrected chi connectivity index (χ4v) is 5.75. The lowest BCUT2D eigenvalue weighted by Gasteiger charge is -2.54. The summed E-state index contributed by atoms with van der Waals surface area (Å²) in [4.78, 5) is 32.4. The summed E-state index contributed by atoms with van der Waals surface area (Å²) in [5.41, 5.74) is 0.787. The normalized spacial score (nSPS) is 31.6. The molecule has 4 atom stereocenters. The van der Waals surface area contributed by atoms with E-state index >= 15 is 0 Å². The second-order valence-corrected chi connectivity index (χ2v) is 8.80. The molecule has 4 rings (SSSR count). The molecule has 0 spiro atoms. The number of nitrogens with zero attached hydrogens (tertiary/aromatic N) is 2. The van der Waals surface area contributed by atoms with Crippen LogP contribution in [-0.4, -0.2) is 53.4 Å². The van der Waals surface area contributed by atoms with Crippen LogP contribution in [0.3, 0.4) is 0 Å². The van der Waals surface area contributed by atoms with Gasteiger partial charge in [-0.05, 0) is 51.5 Å². The molecule has 25 heavy (non-hydrogen) atoms. The molecule has 3 fully saturated rings. The van der Waals surface area contributed by atoms with Gasteiger partial charge >= 0.3 is 0 Å². The molecule has 3 saturated heterocycles. The van der Waals surface area contributed by atoms with Crippen LogP contribution in [0.5, 0.6) is 0 Å². The molecule has 2 amide bonds. The van der Waals surface area contributed by atoms with Gasteiger partial charge in [-0.25, -0.2) is 4.98 Å². The van der Waals surface area contributed by atoms with Crippen molar-refractivity contribution in [2.75, 3.05) is 19.6 Å². The number of piperidine rings is 3. The van der Waals surface area contributed by atoms with Crippen molar-refractivity contribution in [2.45, 2.75) is 51.6 Å². The highest BCUT2D eigenvalue weighted by atomic mass is 32.1. The molecule has 0 aromatic carbocycles. The number of thiazole rings is 1. The smallest absolute Gasteiger partial charge is 0.263 e. The standard InChI is InChI=1S/C18H26N4O2S/c1-10-17(25-11(2)21-10)18(24)20-9-15-13-6-12(7-19-8-13)14-4-3-5-16(23)22(14)15/h12-15,19H,3-9H2,1-2H3,(H,20,24)/t12-,13+,14+,15+/m1/s1. The zero-order valence-electron chi connectivity index (χ0n) is 14.9. The summed E-state index contributed by atoms with van der Waals surface area (Å²) in [6.45, 7) is 6.28. The molecule has 0 aliphatic carbocycles. The summed E-state index contributed by atoms with van der Waals surface area (Å²) in [5.74, 6) is 1.22. The SMILES string of the molecule is Cc1nc(C)c(C(=O)NC[C@H]2[C@@H]3CNC[C@@H](C3)[C@@H]3CCCC(=O)N32)s1. The summed E-state index contributed by atoms with van der Waals surface area (Å²) in [7, 11) is 0. The molecule has 7 heteroatoms. The van der Waals surface area contributed by atoms with Gasteiger partial charge in [-0.2, -0.15) is 0 Å². The Morgan fingerprint density at radius 1 is 1.36 bits per heavy atom. The Balaban J connectivity index is 1.50. The number of aromatic nitrogens is 1. The van der Waals surface area contributed by atoms with Crippen LogP contribution in [0.25, 0.3) is 0 Å². The van der Waals surface area contributed by atoms with Crippen molar-refractivity contribution in [3.63, 3.8) is 0 Å². The minimum Gasteiger partial charge on any atom is -0.349 e. The maximum atomic E-state index is 12.6. The van der Waals surface area contributed by atoms with E-state index in [9.17, 15) is 9.59 Å². The Morgan fingerprint density at radius 2 is 2.16 bits per heavy atom. The minimum absolute atomic E-state index is 0.0602. The van der Waals surface area contributed by atoms with Gasteiger partial charge in [0, 0.05) is 25.6 Å². The first-order valence-corrected chi connectivity index (χ1v) is 10.1. The third-order valence-corrected chi connectivity index (χ3v) is 7.05.